The minimum absolute atomic E-state index is 0.0408. The highest BCUT2D eigenvalue weighted by atomic mass is 32.1. The molecule has 6 nitrogen and oxygen atoms in total. The van der Waals surface area contributed by atoms with E-state index in [0.717, 1.165) is 17.1 Å². The maximum Gasteiger partial charge on any atom is 0.324 e. The van der Waals surface area contributed by atoms with Crippen molar-refractivity contribution < 1.29 is 9.90 Å². The number of benzene rings is 1. The zero-order valence-electron chi connectivity index (χ0n) is 9.46. The second-order valence-corrected chi connectivity index (χ2v) is 4.28. The van der Waals surface area contributed by atoms with Gasteiger partial charge in [-0.15, -0.1) is 5.10 Å². The van der Waals surface area contributed by atoms with Crippen molar-refractivity contribution in [1.29, 1.82) is 0 Å². The molecule has 7 heteroatoms. The zero-order valence-corrected chi connectivity index (χ0v) is 10.3. The van der Waals surface area contributed by atoms with Crippen LogP contribution < -0.4 is 10.6 Å². The number of nitrogens with one attached hydrogen (secondary N) is 2. The van der Waals surface area contributed by atoms with E-state index in [1.807, 2.05) is 18.2 Å². The van der Waals surface area contributed by atoms with Gasteiger partial charge in [0.1, 0.15) is 5.00 Å². The Bertz CT molecular complexity index is 516. The molecule has 2 aromatic rings. The lowest BCUT2D eigenvalue weighted by atomic mass is 10.1. The monoisotopic (exact) mass is 264 g/mol. The molecule has 0 aliphatic carbocycles. The number of aliphatic hydroxyl groups is 1. The number of aromatic nitrogens is 2. The van der Waals surface area contributed by atoms with Crippen molar-refractivity contribution >= 4 is 28.3 Å². The fraction of sp³-hybridized carbons (Fsp3) is 0.182. The molecule has 1 aromatic heterocycles. The summed E-state index contributed by atoms with van der Waals surface area (Å²) in [4.78, 5) is 11.7. The van der Waals surface area contributed by atoms with Crippen LogP contribution in [0, 0.1) is 0 Å². The van der Waals surface area contributed by atoms with Gasteiger partial charge in [-0.2, -0.15) is 0 Å². The number of hydrogen-bond acceptors (Lipinski definition) is 5. The Kier molecular flexibility index (Phi) is 4.21. The molecular weight excluding hydrogens is 252 g/mol. The van der Waals surface area contributed by atoms with Crippen molar-refractivity contribution in [3.63, 3.8) is 0 Å². The molecule has 3 N–H and O–H groups in total. The summed E-state index contributed by atoms with van der Waals surface area (Å²) >= 11 is 1.10. The molecule has 0 atom stereocenters. The van der Waals surface area contributed by atoms with Crippen molar-refractivity contribution in [3.05, 3.63) is 36.0 Å². The van der Waals surface area contributed by atoms with Gasteiger partial charge in [-0.1, -0.05) is 22.7 Å². The second-order valence-electron chi connectivity index (χ2n) is 3.49. The zero-order chi connectivity index (χ0) is 12.8. The minimum Gasteiger partial charge on any atom is -0.396 e. The van der Waals surface area contributed by atoms with Crippen LogP contribution in [0.3, 0.4) is 0 Å². The summed E-state index contributed by atoms with van der Waals surface area (Å²) in [6.45, 7) is 0.0408. The van der Waals surface area contributed by atoms with Crippen molar-refractivity contribution in [2.24, 2.45) is 0 Å². The molecule has 18 heavy (non-hydrogen) atoms. The van der Waals surface area contributed by atoms with Crippen LogP contribution in [0.1, 0.15) is 5.56 Å². The molecule has 0 aliphatic heterocycles. The van der Waals surface area contributed by atoms with Gasteiger partial charge in [-0.3, -0.25) is 5.32 Å². The summed E-state index contributed by atoms with van der Waals surface area (Å²) in [5.74, 6) is 0. The van der Waals surface area contributed by atoms with E-state index in [1.165, 1.54) is 6.20 Å². The highest BCUT2D eigenvalue weighted by Crippen LogP contribution is 2.16. The maximum atomic E-state index is 11.7. The molecular formula is C11H12N4O2S. The van der Waals surface area contributed by atoms with Gasteiger partial charge in [0.2, 0.25) is 0 Å². The van der Waals surface area contributed by atoms with Gasteiger partial charge in [0.05, 0.1) is 6.20 Å². The molecule has 0 radical (unpaired) electrons. The van der Waals surface area contributed by atoms with E-state index in [4.69, 9.17) is 5.11 Å². The number of aliphatic hydroxyl groups excluding tert-OH is 1. The second kappa shape index (κ2) is 6.08. The fourth-order valence-corrected chi connectivity index (χ4v) is 1.88. The number of para-hydroxylation sites is 1. The van der Waals surface area contributed by atoms with Crippen molar-refractivity contribution in [1.82, 2.24) is 9.59 Å². The third-order valence-electron chi connectivity index (χ3n) is 2.24. The number of hydrogen-bond donors (Lipinski definition) is 3. The van der Waals surface area contributed by atoms with Crippen LogP contribution in [-0.4, -0.2) is 27.3 Å². The number of carbonyl (C=O) groups is 1. The van der Waals surface area contributed by atoms with Gasteiger partial charge < -0.3 is 10.4 Å². The molecule has 94 valence electrons. The third-order valence-corrected chi connectivity index (χ3v) is 2.82. The predicted octanol–water partition coefficient (Wildman–Crippen LogP) is 1.72. The van der Waals surface area contributed by atoms with E-state index in [0.29, 0.717) is 17.1 Å². The Labute approximate surface area is 108 Å². The lowest BCUT2D eigenvalue weighted by Crippen LogP contribution is -2.19. The first kappa shape index (κ1) is 12.5. The molecule has 1 heterocycles. The quantitative estimate of drug-likeness (QED) is 0.784. The van der Waals surface area contributed by atoms with E-state index in [1.54, 1.807) is 6.07 Å². The summed E-state index contributed by atoms with van der Waals surface area (Å²) in [5, 5.41) is 18.5. The highest BCUT2D eigenvalue weighted by molar-refractivity contribution is 7.10. The largest absolute Gasteiger partial charge is 0.396 e. The van der Waals surface area contributed by atoms with E-state index in [2.05, 4.69) is 20.2 Å². The first-order chi connectivity index (χ1) is 8.79. The molecule has 2 rings (SSSR count). The number of anilines is 2. The van der Waals surface area contributed by atoms with E-state index >= 15 is 0 Å². The number of nitrogens with zero attached hydrogens (tertiary/aromatic N) is 2. The molecule has 0 spiro atoms. The van der Waals surface area contributed by atoms with Crippen LogP contribution in [0.15, 0.2) is 30.5 Å². The molecule has 0 saturated heterocycles. The smallest absolute Gasteiger partial charge is 0.324 e. The van der Waals surface area contributed by atoms with Crippen LogP contribution >= 0.6 is 11.5 Å². The topological polar surface area (TPSA) is 87.1 Å². The number of urea groups is 1. The molecule has 0 unspecified atom stereocenters. The molecule has 2 amide bonds. The average molecular weight is 264 g/mol. The Hall–Kier alpha value is -1.99. The summed E-state index contributed by atoms with van der Waals surface area (Å²) in [6.07, 6.45) is 1.97. The minimum atomic E-state index is -0.355. The van der Waals surface area contributed by atoms with Crippen LogP contribution in [0.2, 0.25) is 0 Å². The first-order valence-electron chi connectivity index (χ1n) is 5.33. The van der Waals surface area contributed by atoms with Gasteiger partial charge in [0, 0.05) is 23.8 Å². The van der Waals surface area contributed by atoms with E-state index in [-0.39, 0.29) is 12.6 Å². The molecule has 0 aliphatic rings. The van der Waals surface area contributed by atoms with E-state index < -0.39 is 0 Å². The number of rotatable bonds is 4. The fourth-order valence-electron chi connectivity index (χ4n) is 1.47. The van der Waals surface area contributed by atoms with E-state index in [9.17, 15) is 4.79 Å². The number of amides is 2. The summed E-state index contributed by atoms with van der Waals surface area (Å²) in [6, 6.07) is 6.98. The Morgan fingerprint density at radius 1 is 1.33 bits per heavy atom. The van der Waals surface area contributed by atoms with Crippen LogP contribution in [0.4, 0.5) is 15.5 Å². The lowest BCUT2D eigenvalue weighted by molar-refractivity contribution is 0.262. The summed E-state index contributed by atoms with van der Waals surface area (Å²) in [7, 11) is 0. The Balaban J connectivity index is 2.02. The average Bonchev–Trinajstić information content (AvgIpc) is 2.84. The Morgan fingerprint density at radius 2 is 2.17 bits per heavy atom. The van der Waals surface area contributed by atoms with Crippen molar-refractivity contribution in [2.75, 3.05) is 17.2 Å². The SMILES string of the molecule is O=C(Nc1cnns1)Nc1ccccc1CCO. The van der Waals surface area contributed by atoms with Crippen molar-refractivity contribution in [2.45, 2.75) is 6.42 Å². The normalized spacial score (nSPS) is 10.1. The van der Waals surface area contributed by atoms with Gasteiger partial charge in [0.25, 0.3) is 0 Å². The Morgan fingerprint density at radius 3 is 2.89 bits per heavy atom. The standard InChI is InChI=1S/C11H12N4O2S/c16-6-5-8-3-1-2-4-9(8)13-11(17)14-10-7-12-15-18-10/h1-4,7,16H,5-6H2,(H2,13,14,17). The van der Waals surface area contributed by atoms with Gasteiger partial charge in [-0.25, -0.2) is 4.79 Å². The maximum absolute atomic E-state index is 11.7. The molecule has 0 bridgehead atoms. The first-order valence-corrected chi connectivity index (χ1v) is 6.11. The van der Waals surface area contributed by atoms with Crippen LogP contribution in [0.25, 0.3) is 0 Å². The van der Waals surface area contributed by atoms with Gasteiger partial charge >= 0.3 is 6.03 Å². The highest BCUT2D eigenvalue weighted by Gasteiger charge is 2.07. The third kappa shape index (κ3) is 3.25. The van der Waals surface area contributed by atoms with Gasteiger partial charge in [0.15, 0.2) is 0 Å². The lowest BCUT2D eigenvalue weighted by Gasteiger charge is -2.10. The predicted molar refractivity (Wildman–Crippen MR) is 69.8 cm³/mol. The number of carbonyl (C=O) groups excluding carboxylic acids is 1. The molecule has 1 aromatic carbocycles. The van der Waals surface area contributed by atoms with Crippen LogP contribution in [-0.2, 0) is 6.42 Å². The van der Waals surface area contributed by atoms with Gasteiger partial charge in [-0.05, 0) is 18.1 Å². The summed E-state index contributed by atoms with van der Waals surface area (Å²) in [5.41, 5.74) is 1.57. The molecule has 0 saturated carbocycles. The van der Waals surface area contributed by atoms with Crippen LogP contribution in [0.5, 0.6) is 0 Å². The van der Waals surface area contributed by atoms with Crippen molar-refractivity contribution in [3.8, 4) is 0 Å². The molecule has 0 fully saturated rings. The summed E-state index contributed by atoms with van der Waals surface area (Å²) < 4.78 is 3.65.